The van der Waals surface area contributed by atoms with Crippen LogP contribution in [0, 0.1) is 0 Å². The highest BCUT2D eigenvalue weighted by atomic mass is 16.1. The van der Waals surface area contributed by atoms with Crippen LogP contribution in [0.3, 0.4) is 0 Å². The van der Waals surface area contributed by atoms with Crippen LogP contribution >= 0.6 is 0 Å². The fraction of sp³-hybridized carbons (Fsp3) is 0.500. The smallest absolute Gasteiger partial charge is 0.155 e. The van der Waals surface area contributed by atoms with E-state index in [0.29, 0.717) is 6.42 Å². The van der Waals surface area contributed by atoms with Gasteiger partial charge >= 0.3 is 0 Å². The summed E-state index contributed by atoms with van der Waals surface area (Å²) in [4.78, 5) is 10.7. The van der Waals surface area contributed by atoms with Gasteiger partial charge in [-0.2, -0.15) is 0 Å². The minimum absolute atomic E-state index is 0.212. The highest BCUT2D eigenvalue weighted by molar-refractivity contribution is 5.89. The first-order valence-corrected chi connectivity index (χ1v) is 4.11. The average Bonchev–Trinajstić information content (AvgIpc) is 2.04. The molecule has 0 aromatic carbocycles. The lowest BCUT2D eigenvalue weighted by atomic mass is 10.2. The van der Waals surface area contributed by atoms with Crippen molar-refractivity contribution in [3.05, 3.63) is 24.8 Å². The fourth-order valence-electron chi connectivity index (χ4n) is 0.713. The normalized spacial score (nSPS) is 10.3. The van der Waals surface area contributed by atoms with Gasteiger partial charge in [-0.25, -0.2) is 0 Å². The van der Waals surface area contributed by atoms with Gasteiger partial charge in [0.15, 0.2) is 5.78 Å². The first kappa shape index (κ1) is 10.2. The Balaban J connectivity index is 3.29. The van der Waals surface area contributed by atoms with Gasteiger partial charge in [-0.05, 0) is 25.3 Å². The summed E-state index contributed by atoms with van der Waals surface area (Å²) in [6, 6.07) is 0. The lowest BCUT2D eigenvalue weighted by Gasteiger charge is -1.88. The molecule has 0 saturated carbocycles. The zero-order valence-corrected chi connectivity index (χ0v) is 7.18. The number of allylic oxidation sites excluding steroid dienone is 3. The summed E-state index contributed by atoms with van der Waals surface area (Å²) >= 11 is 0. The van der Waals surface area contributed by atoms with Gasteiger partial charge in [0.05, 0.1) is 0 Å². The fourth-order valence-corrected chi connectivity index (χ4v) is 0.713. The Bertz CT molecular complexity index is 145. The zero-order valence-electron chi connectivity index (χ0n) is 7.18. The minimum atomic E-state index is 0.212. The third-order valence-corrected chi connectivity index (χ3v) is 1.43. The van der Waals surface area contributed by atoms with E-state index in [9.17, 15) is 4.79 Å². The van der Waals surface area contributed by atoms with Gasteiger partial charge in [0, 0.05) is 6.42 Å². The highest BCUT2D eigenvalue weighted by Crippen LogP contribution is 1.97. The summed E-state index contributed by atoms with van der Waals surface area (Å²) in [5.41, 5.74) is 0. The molecule has 0 aromatic heterocycles. The number of hydrogen-bond donors (Lipinski definition) is 0. The number of hydrogen-bond acceptors (Lipinski definition) is 1. The van der Waals surface area contributed by atoms with Crippen LogP contribution in [-0.4, -0.2) is 5.78 Å². The maximum atomic E-state index is 10.7. The molecule has 0 aliphatic heterocycles. The second-order valence-electron chi connectivity index (χ2n) is 2.44. The molecule has 0 N–H and O–H groups in total. The van der Waals surface area contributed by atoms with Crippen molar-refractivity contribution >= 4 is 5.78 Å². The molecule has 0 radical (unpaired) electrons. The van der Waals surface area contributed by atoms with E-state index < -0.39 is 0 Å². The molecular weight excluding hydrogens is 136 g/mol. The van der Waals surface area contributed by atoms with Crippen molar-refractivity contribution in [1.82, 2.24) is 0 Å². The molecule has 0 atom stereocenters. The summed E-state index contributed by atoms with van der Waals surface area (Å²) in [7, 11) is 0. The molecule has 0 unspecified atom stereocenters. The predicted molar refractivity (Wildman–Crippen MR) is 48.5 cm³/mol. The molecule has 0 rings (SSSR count). The molecule has 0 aliphatic rings. The molecule has 0 bridgehead atoms. The maximum Gasteiger partial charge on any atom is 0.155 e. The van der Waals surface area contributed by atoms with Crippen LogP contribution in [0.1, 0.15) is 32.6 Å². The van der Waals surface area contributed by atoms with Gasteiger partial charge in [0.25, 0.3) is 0 Å². The van der Waals surface area contributed by atoms with Crippen LogP contribution in [0.2, 0.25) is 0 Å². The molecule has 0 aliphatic carbocycles. The molecule has 0 saturated heterocycles. The monoisotopic (exact) mass is 152 g/mol. The Kier molecular flexibility index (Phi) is 6.70. The summed E-state index contributed by atoms with van der Waals surface area (Å²) in [6.07, 6.45) is 9.23. The van der Waals surface area contributed by atoms with Crippen molar-refractivity contribution in [2.45, 2.75) is 32.6 Å². The van der Waals surface area contributed by atoms with Gasteiger partial charge in [-0.15, -0.1) is 6.58 Å². The quantitative estimate of drug-likeness (QED) is 0.325. The Morgan fingerprint density at radius 1 is 1.45 bits per heavy atom. The van der Waals surface area contributed by atoms with E-state index >= 15 is 0 Å². The summed E-state index contributed by atoms with van der Waals surface area (Å²) in [5, 5.41) is 0. The first-order chi connectivity index (χ1) is 5.31. The molecule has 11 heavy (non-hydrogen) atoms. The van der Waals surface area contributed by atoms with E-state index in [-0.39, 0.29) is 5.78 Å². The Morgan fingerprint density at radius 2 is 2.18 bits per heavy atom. The topological polar surface area (TPSA) is 17.1 Å². The molecule has 0 aromatic rings. The standard InChI is InChI=1S/C10H16O/c1-3-5-6-7-8-9-10(11)4-2/h3,8-9H,1,4-7H2,2H3. The molecule has 0 heterocycles. The third-order valence-electron chi connectivity index (χ3n) is 1.43. The lowest BCUT2D eigenvalue weighted by Crippen LogP contribution is -1.86. The van der Waals surface area contributed by atoms with Crippen LogP contribution in [0.5, 0.6) is 0 Å². The largest absolute Gasteiger partial charge is 0.295 e. The molecule has 62 valence electrons. The molecule has 1 nitrogen and oxygen atoms in total. The van der Waals surface area contributed by atoms with E-state index in [1.54, 1.807) is 6.08 Å². The third kappa shape index (κ3) is 7.04. The van der Waals surface area contributed by atoms with Gasteiger partial charge in [0.1, 0.15) is 0 Å². The lowest BCUT2D eigenvalue weighted by molar-refractivity contribution is -0.114. The van der Waals surface area contributed by atoms with E-state index in [0.717, 1.165) is 19.3 Å². The summed E-state index contributed by atoms with van der Waals surface area (Å²) in [6.45, 7) is 5.49. The van der Waals surface area contributed by atoms with Gasteiger partial charge in [-0.1, -0.05) is 19.1 Å². The Morgan fingerprint density at radius 3 is 2.73 bits per heavy atom. The van der Waals surface area contributed by atoms with Gasteiger partial charge < -0.3 is 0 Å². The van der Waals surface area contributed by atoms with Crippen LogP contribution < -0.4 is 0 Å². The van der Waals surface area contributed by atoms with Gasteiger partial charge in [0.2, 0.25) is 0 Å². The first-order valence-electron chi connectivity index (χ1n) is 4.11. The second kappa shape index (κ2) is 7.26. The van der Waals surface area contributed by atoms with Gasteiger partial charge in [-0.3, -0.25) is 4.79 Å². The van der Waals surface area contributed by atoms with Crippen LogP contribution in [0.15, 0.2) is 24.8 Å². The number of rotatable bonds is 6. The van der Waals surface area contributed by atoms with Crippen molar-refractivity contribution < 1.29 is 4.79 Å². The van der Waals surface area contributed by atoms with Crippen molar-refractivity contribution in [3.63, 3.8) is 0 Å². The zero-order chi connectivity index (χ0) is 8.53. The number of carbonyl (C=O) groups is 1. The Labute approximate surface area is 68.8 Å². The average molecular weight is 152 g/mol. The number of ketones is 1. The molecular formula is C10H16O. The maximum absolute atomic E-state index is 10.7. The molecule has 0 spiro atoms. The van der Waals surface area contributed by atoms with Crippen molar-refractivity contribution in [2.24, 2.45) is 0 Å². The van der Waals surface area contributed by atoms with E-state index in [1.165, 1.54) is 0 Å². The van der Waals surface area contributed by atoms with E-state index in [1.807, 2.05) is 19.1 Å². The number of carbonyl (C=O) groups excluding carboxylic acids is 1. The van der Waals surface area contributed by atoms with Crippen LogP contribution in [0.25, 0.3) is 0 Å². The van der Waals surface area contributed by atoms with Crippen LogP contribution in [0.4, 0.5) is 0 Å². The SMILES string of the molecule is C=CCCCC=CC(=O)CC. The van der Waals surface area contributed by atoms with E-state index in [2.05, 4.69) is 6.58 Å². The van der Waals surface area contributed by atoms with Crippen molar-refractivity contribution in [2.75, 3.05) is 0 Å². The highest BCUT2D eigenvalue weighted by Gasteiger charge is 1.87. The predicted octanol–water partition coefficient (Wildman–Crippen LogP) is 2.88. The van der Waals surface area contributed by atoms with E-state index in [4.69, 9.17) is 0 Å². The molecule has 1 heteroatoms. The van der Waals surface area contributed by atoms with Crippen molar-refractivity contribution in [3.8, 4) is 0 Å². The number of unbranched alkanes of at least 4 members (excludes halogenated alkanes) is 2. The van der Waals surface area contributed by atoms with Crippen molar-refractivity contribution in [1.29, 1.82) is 0 Å². The minimum Gasteiger partial charge on any atom is -0.295 e. The van der Waals surface area contributed by atoms with Crippen LogP contribution in [-0.2, 0) is 4.79 Å². The summed E-state index contributed by atoms with van der Waals surface area (Å²) < 4.78 is 0. The molecule has 0 fully saturated rings. The summed E-state index contributed by atoms with van der Waals surface area (Å²) in [5.74, 6) is 0.212. The molecule has 0 amide bonds. The Hall–Kier alpha value is -0.850. The second-order valence-corrected chi connectivity index (χ2v) is 2.44.